The van der Waals surface area contributed by atoms with Crippen molar-refractivity contribution in [2.24, 2.45) is 5.73 Å². The maximum Gasteiger partial charge on any atom is 0.271 e. The van der Waals surface area contributed by atoms with Crippen molar-refractivity contribution in [3.05, 3.63) is 29.0 Å². The molecule has 0 aromatic carbocycles. The van der Waals surface area contributed by atoms with Gasteiger partial charge in [0.15, 0.2) is 10.8 Å². The van der Waals surface area contributed by atoms with Crippen molar-refractivity contribution in [3.63, 3.8) is 0 Å². The van der Waals surface area contributed by atoms with Crippen LogP contribution >= 0.6 is 11.3 Å². The Morgan fingerprint density at radius 2 is 2.14 bits per heavy atom. The minimum absolute atomic E-state index is 0.185. The van der Waals surface area contributed by atoms with Crippen molar-refractivity contribution < 1.29 is 9.21 Å². The van der Waals surface area contributed by atoms with Crippen LogP contribution in [0.25, 0.3) is 10.8 Å². The number of rotatable bonds is 6. The van der Waals surface area contributed by atoms with Gasteiger partial charge >= 0.3 is 0 Å². The van der Waals surface area contributed by atoms with Gasteiger partial charge in [-0.1, -0.05) is 13.8 Å². The van der Waals surface area contributed by atoms with Gasteiger partial charge in [-0.2, -0.15) is 0 Å². The van der Waals surface area contributed by atoms with Crippen LogP contribution in [0.15, 0.2) is 21.9 Å². The van der Waals surface area contributed by atoms with Gasteiger partial charge in [0.05, 0.1) is 5.54 Å². The molecule has 2 rings (SSSR count). The van der Waals surface area contributed by atoms with Crippen LogP contribution in [0.3, 0.4) is 0 Å². The highest BCUT2D eigenvalue weighted by Crippen LogP contribution is 2.26. The Labute approximate surface area is 128 Å². The van der Waals surface area contributed by atoms with Crippen LogP contribution in [0.5, 0.6) is 0 Å². The van der Waals surface area contributed by atoms with E-state index in [0.717, 1.165) is 18.6 Å². The Kier molecular flexibility index (Phi) is 4.80. The molecule has 1 amide bonds. The zero-order chi connectivity index (χ0) is 15.5. The third-order valence-corrected chi connectivity index (χ3v) is 4.67. The molecule has 0 bridgehead atoms. The molecular formula is C15H21N3O2S. The van der Waals surface area contributed by atoms with Crippen molar-refractivity contribution in [1.29, 1.82) is 0 Å². The van der Waals surface area contributed by atoms with E-state index >= 15 is 0 Å². The van der Waals surface area contributed by atoms with Gasteiger partial charge in [0.1, 0.15) is 11.5 Å². The molecule has 0 spiro atoms. The third kappa shape index (κ3) is 3.33. The first-order valence-corrected chi connectivity index (χ1v) is 7.96. The summed E-state index contributed by atoms with van der Waals surface area (Å²) in [6.45, 7) is 6.34. The normalized spacial score (nSPS) is 11.6. The molecule has 6 heteroatoms. The number of hydrogen-bond donors (Lipinski definition) is 2. The molecule has 0 aliphatic carbocycles. The van der Waals surface area contributed by atoms with Gasteiger partial charge in [0.25, 0.3) is 5.91 Å². The molecule has 0 fully saturated rings. The summed E-state index contributed by atoms with van der Waals surface area (Å²) < 4.78 is 5.52. The van der Waals surface area contributed by atoms with Crippen molar-refractivity contribution >= 4 is 17.2 Å². The zero-order valence-electron chi connectivity index (χ0n) is 12.6. The van der Waals surface area contributed by atoms with Crippen LogP contribution < -0.4 is 11.1 Å². The summed E-state index contributed by atoms with van der Waals surface area (Å²) in [6.07, 6.45) is 1.58. The molecule has 114 valence electrons. The van der Waals surface area contributed by atoms with Gasteiger partial charge in [0.2, 0.25) is 0 Å². The van der Waals surface area contributed by atoms with Gasteiger partial charge in [-0.05, 0) is 31.9 Å². The molecular weight excluding hydrogens is 286 g/mol. The Bertz CT molecular complexity index is 606. The number of amides is 1. The molecule has 0 aliphatic rings. The zero-order valence-corrected chi connectivity index (χ0v) is 13.4. The lowest BCUT2D eigenvalue weighted by molar-refractivity contribution is 0.0891. The highest BCUT2D eigenvalue weighted by Gasteiger charge is 2.27. The lowest BCUT2D eigenvalue weighted by Gasteiger charge is -2.31. The van der Waals surface area contributed by atoms with E-state index in [1.807, 2.05) is 32.9 Å². The van der Waals surface area contributed by atoms with E-state index in [2.05, 4.69) is 10.3 Å². The van der Waals surface area contributed by atoms with Gasteiger partial charge in [-0.3, -0.25) is 4.79 Å². The molecule has 2 heterocycles. The molecule has 0 saturated carbocycles. The lowest BCUT2D eigenvalue weighted by atomic mass is 9.93. The van der Waals surface area contributed by atoms with Crippen molar-refractivity contribution in [2.75, 3.05) is 6.54 Å². The second-order valence-electron chi connectivity index (χ2n) is 5.09. The summed E-state index contributed by atoms with van der Waals surface area (Å²) in [4.78, 5) is 16.7. The number of carbonyl (C=O) groups excluding carboxylic acids is 1. The first-order valence-electron chi connectivity index (χ1n) is 7.08. The molecule has 2 aromatic heterocycles. The van der Waals surface area contributed by atoms with Crippen LogP contribution in [0.4, 0.5) is 0 Å². The Morgan fingerprint density at radius 1 is 1.43 bits per heavy atom. The molecule has 0 atom stereocenters. The maximum absolute atomic E-state index is 12.3. The number of nitrogens with two attached hydrogens (primary N) is 1. The Morgan fingerprint density at radius 3 is 2.67 bits per heavy atom. The van der Waals surface area contributed by atoms with Gasteiger partial charge in [0, 0.05) is 11.9 Å². The number of aromatic nitrogens is 1. The third-order valence-electron chi connectivity index (χ3n) is 3.81. The SMILES string of the molecule is CCC(CC)(CN)NC(=O)c1csc(-c2ccc(C)o2)n1. The number of nitrogens with zero attached hydrogens (tertiary/aromatic N) is 1. The van der Waals surface area contributed by atoms with E-state index in [0.29, 0.717) is 23.0 Å². The van der Waals surface area contributed by atoms with Crippen molar-refractivity contribution in [1.82, 2.24) is 10.3 Å². The van der Waals surface area contributed by atoms with Gasteiger partial charge in [-0.25, -0.2) is 4.98 Å². The smallest absolute Gasteiger partial charge is 0.271 e. The fourth-order valence-corrected chi connectivity index (χ4v) is 2.87. The summed E-state index contributed by atoms with van der Waals surface area (Å²) in [5.74, 6) is 1.33. The predicted octanol–water partition coefficient (Wildman–Crippen LogP) is 2.96. The fourth-order valence-electron chi connectivity index (χ4n) is 2.11. The maximum atomic E-state index is 12.3. The van der Waals surface area contributed by atoms with E-state index in [1.54, 1.807) is 5.38 Å². The standard InChI is InChI=1S/C15H21N3O2S/c1-4-15(5-2,9-16)18-13(19)11-8-21-14(17-11)12-7-6-10(3)20-12/h6-8H,4-5,9,16H2,1-3H3,(H,18,19). The number of thiazole rings is 1. The van der Waals surface area contributed by atoms with Crippen LogP contribution in [-0.2, 0) is 0 Å². The number of carbonyl (C=O) groups is 1. The summed E-state index contributed by atoms with van der Waals surface area (Å²) in [5.41, 5.74) is 5.85. The second kappa shape index (κ2) is 6.41. The molecule has 2 aromatic rings. The molecule has 5 nitrogen and oxygen atoms in total. The molecule has 21 heavy (non-hydrogen) atoms. The summed E-state index contributed by atoms with van der Waals surface area (Å²) >= 11 is 1.40. The number of hydrogen-bond acceptors (Lipinski definition) is 5. The van der Waals surface area contributed by atoms with Gasteiger partial charge < -0.3 is 15.5 Å². The van der Waals surface area contributed by atoms with Crippen LogP contribution in [0.2, 0.25) is 0 Å². The molecule has 0 radical (unpaired) electrons. The van der Waals surface area contributed by atoms with Crippen molar-refractivity contribution in [2.45, 2.75) is 39.2 Å². The monoisotopic (exact) mass is 307 g/mol. The molecule has 0 saturated heterocycles. The van der Waals surface area contributed by atoms with E-state index in [9.17, 15) is 4.79 Å². The lowest BCUT2D eigenvalue weighted by Crippen LogP contribution is -2.52. The molecule has 0 aliphatic heterocycles. The minimum atomic E-state index is -0.359. The second-order valence-corrected chi connectivity index (χ2v) is 5.95. The van der Waals surface area contributed by atoms with Gasteiger partial charge in [-0.15, -0.1) is 11.3 Å². The van der Waals surface area contributed by atoms with E-state index in [1.165, 1.54) is 11.3 Å². The van der Waals surface area contributed by atoms with Crippen LogP contribution in [-0.4, -0.2) is 23.0 Å². The topological polar surface area (TPSA) is 81.1 Å². The van der Waals surface area contributed by atoms with E-state index < -0.39 is 0 Å². The van der Waals surface area contributed by atoms with E-state index in [4.69, 9.17) is 10.2 Å². The molecule has 3 N–H and O–H groups in total. The quantitative estimate of drug-likeness (QED) is 0.859. The first kappa shape index (κ1) is 15.7. The van der Waals surface area contributed by atoms with Crippen molar-refractivity contribution in [3.8, 4) is 10.8 Å². The van der Waals surface area contributed by atoms with Crippen LogP contribution in [0, 0.1) is 6.92 Å². The minimum Gasteiger partial charge on any atom is -0.459 e. The van der Waals surface area contributed by atoms with E-state index in [-0.39, 0.29) is 11.4 Å². The Hall–Kier alpha value is -1.66. The largest absolute Gasteiger partial charge is 0.459 e. The molecule has 0 unspecified atom stereocenters. The summed E-state index contributed by atoms with van der Waals surface area (Å²) in [5, 5.41) is 5.47. The van der Waals surface area contributed by atoms with Crippen LogP contribution in [0.1, 0.15) is 42.9 Å². The highest BCUT2D eigenvalue weighted by molar-refractivity contribution is 7.13. The first-order chi connectivity index (χ1) is 10.0. The highest BCUT2D eigenvalue weighted by atomic mass is 32.1. The number of aryl methyl sites for hydroxylation is 1. The predicted molar refractivity (Wildman–Crippen MR) is 84.4 cm³/mol. The number of nitrogens with one attached hydrogen (secondary N) is 1. The summed E-state index contributed by atoms with van der Waals surface area (Å²) in [7, 11) is 0. The Balaban J connectivity index is 2.16. The average Bonchev–Trinajstić information content (AvgIpc) is 3.13. The fraction of sp³-hybridized carbons (Fsp3) is 0.467. The number of furan rings is 1. The average molecular weight is 307 g/mol. The summed E-state index contributed by atoms with van der Waals surface area (Å²) in [6, 6.07) is 3.74.